The van der Waals surface area contributed by atoms with E-state index in [9.17, 15) is 4.79 Å². The molecule has 1 aromatic rings. The number of carbonyl (C=O) groups is 1. The average molecular weight is 164 g/mol. The number of aryl methyl sites for hydroxylation is 1. The van der Waals surface area contributed by atoms with Crippen molar-refractivity contribution in [1.82, 2.24) is 9.78 Å². The largest absolute Gasteiger partial charge is 0.464 e. The van der Waals surface area contributed by atoms with E-state index >= 15 is 0 Å². The second-order valence-corrected chi connectivity index (χ2v) is 2.20. The number of rotatable bonds is 1. The van der Waals surface area contributed by atoms with Crippen LogP contribution >= 0.6 is 0 Å². The Morgan fingerprint density at radius 3 is 3.00 bits per heavy atom. The molecule has 1 aromatic heterocycles. The summed E-state index contributed by atoms with van der Waals surface area (Å²) in [7, 11) is 2.98. The van der Waals surface area contributed by atoms with Gasteiger partial charge in [0.15, 0.2) is 5.69 Å². The van der Waals surface area contributed by atoms with Crippen LogP contribution in [-0.2, 0) is 11.8 Å². The monoisotopic (exact) mass is 164 g/mol. The molecule has 0 unspecified atom stereocenters. The summed E-state index contributed by atoms with van der Waals surface area (Å²) in [6.07, 6.45) is 6.73. The molecule has 0 atom stereocenters. The number of nitrogens with zero attached hydrogens (tertiary/aromatic N) is 2. The van der Waals surface area contributed by atoms with Crippen LogP contribution in [0.15, 0.2) is 6.20 Å². The summed E-state index contributed by atoms with van der Waals surface area (Å²) in [6, 6.07) is 0. The number of terminal acetylenes is 1. The molecule has 0 saturated carbocycles. The highest BCUT2D eigenvalue weighted by Gasteiger charge is 2.14. The van der Waals surface area contributed by atoms with E-state index < -0.39 is 5.97 Å². The molecule has 0 aliphatic carbocycles. The van der Waals surface area contributed by atoms with Gasteiger partial charge in [-0.1, -0.05) is 5.92 Å². The topological polar surface area (TPSA) is 44.1 Å². The van der Waals surface area contributed by atoms with Crippen LogP contribution in [0.3, 0.4) is 0 Å². The van der Waals surface area contributed by atoms with Crippen molar-refractivity contribution in [1.29, 1.82) is 0 Å². The van der Waals surface area contributed by atoms with E-state index in [-0.39, 0.29) is 5.69 Å². The van der Waals surface area contributed by atoms with E-state index in [1.54, 1.807) is 13.2 Å². The van der Waals surface area contributed by atoms with Crippen molar-refractivity contribution in [2.24, 2.45) is 7.05 Å². The van der Waals surface area contributed by atoms with Gasteiger partial charge in [0.05, 0.1) is 12.7 Å². The second-order valence-electron chi connectivity index (χ2n) is 2.20. The Morgan fingerprint density at radius 2 is 2.50 bits per heavy atom. The van der Waals surface area contributed by atoms with Crippen molar-refractivity contribution in [3.63, 3.8) is 0 Å². The van der Waals surface area contributed by atoms with Crippen LogP contribution in [0.2, 0.25) is 0 Å². The predicted molar refractivity (Wildman–Crippen MR) is 42.5 cm³/mol. The summed E-state index contributed by atoms with van der Waals surface area (Å²) in [6.45, 7) is 0. The minimum Gasteiger partial charge on any atom is -0.464 e. The Bertz CT molecular complexity index is 346. The van der Waals surface area contributed by atoms with Gasteiger partial charge in [-0.15, -0.1) is 6.42 Å². The molecule has 12 heavy (non-hydrogen) atoms. The van der Waals surface area contributed by atoms with Gasteiger partial charge >= 0.3 is 5.97 Å². The Balaban J connectivity index is 3.15. The minimum atomic E-state index is -0.511. The Morgan fingerprint density at radius 1 is 1.83 bits per heavy atom. The van der Waals surface area contributed by atoms with Gasteiger partial charge in [0.25, 0.3) is 0 Å². The molecule has 4 nitrogen and oxygen atoms in total. The number of methoxy groups -OCH3 is 1. The zero-order valence-corrected chi connectivity index (χ0v) is 6.87. The van der Waals surface area contributed by atoms with Gasteiger partial charge < -0.3 is 4.74 Å². The highest BCUT2D eigenvalue weighted by molar-refractivity contribution is 5.89. The smallest absolute Gasteiger partial charge is 0.359 e. The molecule has 1 rings (SSSR count). The zero-order valence-electron chi connectivity index (χ0n) is 6.87. The summed E-state index contributed by atoms with van der Waals surface area (Å²) < 4.78 is 5.96. The highest BCUT2D eigenvalue weighted by atomic mass is 16.5. The van der Waals surface area contributed by atoms with E-state index in [1.165, 1.54) is 11.8 Å². The number of carbonyl (C=O) groups excluding carboxylic acids is 1. The molecule has 0 aliphatic rings. The summed E-state index contributed by atoms with van der Waals surface area (Å²) >= 11 is 0. The van der Waals surface area contributed by atoms with Crippen LogP contribution in [0.5, 0.6) is 0 Å². The maximum atomic E-state index is 11.0. The zero-order chi connectivity index (χ0) is 9.14. The van der Waals surface area contributed by atoms with E-state index in [1.807, 2.05) is 0 Å². The SMILES string of the molecule is C#Cc1cn(C)nc1C(=O)OC. The Kier molecular flexibility index (Phi) is 2.15. The van der Waals surface area contributed by atoms with Crippen molar-refractivity contribution in [2.45, 2.75) is 0 Å². The lowest BCUT2D eigenvalue weighted by molar-refractivity contribution is 0.0593. The van der Waals surface area contributed by atoms with Crippen LogP contribution in [0.25, 0.3) is 0 Å². The molecular formula is C8H8N2O2. The average Bonchev–Trinajstić information content (AvgIpc) is 2.45. The van der Waals surface area contributed by atoms with Crippen molar-refractivity contribution in [3.8, 4) is 12.3 Å². The lowest BCUT2D eigenvalue weighted by Crippen LogP contribution is -2.04. The third-order valence-electron chi connectivity index (χ3n) is 1.36. The molecule has 4 heteroatoms. The van der Waals surface area contributed by atoms with E-state index in [4.69, 9.17) is 6.42 Å². The normalized spacial score (nSPS) is 9.08. The molecule has 0 spiro atoms. The van der Waals surface area contributed by atoms with Gasteiger partial charge in [-0.3, -0.25) is 4.68 Å². The standard InChI is InChI=1S/C8H8N2O2/c1-4-6-5-10(2)9-7(6)8(11)12-3/h1,5H,2-3H3. The van der Waals surface area contributed by atoms with Gasteiger partial charge in [-0.2, -0.15) is 5.10 Å². The number of aromatic nitrogens is 2. The molecule has 0 fully saturated rings. The van der Waals surface area contributed by atoms with Crippen LogP contribution in [-0.4, -0.2) is 22.9 Å². The van der Waals surface area contributed by atoms with Crippen LogP contribution in [0, 0.1) is 12.3 Å². The first-order valence-corrected chi connectivity index (χ1v) is 3.27. The first-order chi connectivity index (χ1) is 5.69. The summed E-state index contributed by atoms with van der Waals surface area (Å²) in [5.74, 6) is 1.84. The lowest BCUT2D eigenvalue weighted by atomic mass is 10.2. The fourth-order valence-corrected chi connectivity index (χ4v) is 0.842. The predicted octanol–water partition coefficient (Wildman–Crippen LogP) is 0.188. The van der Waals surface area contributed by atoms with Crippen molar-refractivity contribution >= 4 is 5.97 Å². The molecule has 0 N–H and O–H groups in total. The number of hydrogen-bond acceptors (Lipinski definition) is 3. The Labute approximate surface area is 70.1 Å². The Hall–Kier alpha value is -1.76. The van der Waals surface area contributed by atoms with Crippen LogP contribution in [0.1, 0.15) is 16.1 Å². The summed E-state index contributed by atoms with van der Waals surface area (Å²) in [5, 5.41) is 3.85. The van der Waals surface area contributed by atoms with Crippen molar-refractivity contribution < 1.29 is 9.53 Å². The molecule has 0 bridgehead atoms. The molecule has 0 radical (unpaired) electrons. The molecule has 0 aliphatic heterocycles. The van der Waals surface area contributed by atoms with E-state index in [0.29, 0.717) is 5.56 Å². The number of esters is 1. The number of ether oxygens (including phenoxy) is 1. The number of hydrogen-bond donors (Lipinski definition) is 0. The maximum absolute atomic E-state index is 11.0. The fraction of sp³-hybridized carbons (Fsp3) is 0.250. The molecule has 62 valence electrons. The summed E-state index contributed by atoms with van der Waals surface area (Å²) in [5.41, 5.74) is 0.631. The van der Waals surface area contributed by atoms with Gasteiger partial charge in [0.2, 0.25) is 0 Å². The lowest BCUT2D eigenvalue weighted by Gasteiger charge is -1.92. The first kappa shape index (κ1) is 8.34. The summed E-state index contributed by atoms with van der Waals surface area (Å²) in [4.78, 5) is 11.0. The highest BCUT2D eigenvalue weighted by Crippen LogP contribution is 2.05. The van der Waals surface area contributed by atoms with Crippen molar-refractivity contribution in [3.05, 3.63) is 17.5 Å². The van der Waals surface area contributed by atoms with E-state index in [0.717, 1.165) is 0 Å². The fourth-order valence-electron chi connectivity index (χ4n) is 0.842. The molecule has 0 aromatic carbocycles. The minimum absolute atomic E-state index is 0.183. The quantitative estimate of drug-likeness (QED) is 0.439. The molecule has 1 heterocycles. The van der Waals surface area contributed by atoms with Gasteiger partial charge in [-0.25, -0.2) is 4.79 Å². The maximum Gasteiger partial charge on any atom is 0.359 e. The second kappa shape index (κ2) is 3.09. The van der Waals surface area contributed by atoms with Crippen LogP contribution < -0.4 is 0 Å². The van der Waals surface area contributed by atoms with Gasteiger partial charge in [0.1, 0.15) is 0 Å². The molecule has 0 amide bonds. The third-order valence-corrected chi connectivity index (χ3v) is 1.36. The molecular weight excluding hydrogens is 156 g/mol. The third kappa shape index (κ3) is 1.30. The van der Waals surface area contributed by atoms with Gasteiger partial charge in [-0.05, 0) is 0 Å². The van der Waals surface area contributed by atoms with E-state index in [2.05, 4.69) is 15.8 Å². The van der Waals surface area contributed by atoms with Crippen molar-refractivity contribution in [2.75, 3.05) is 7.11 Å². The van der Waals surface area contributed by atoms with Crippen LogP contribution in [0.4, 0.5) is 0 Å². The first-order valence-electron chi connectivity index (χ1n) is 3.27. The van der Waals surface area contributed by atoms with Gasteiger partial charge in [0, 0.05) is 13.2 Å². The molecule has 0 saturated heterocycles.